The molecule has 0 radical (unpaired) electrons. The smallest absolute Gasteiger partial charge is 0.307 e. The maximum atomic E-state index is 12.6. The highest BCUT2D eigenvalue weighted by Crippen LogP contribution is 2.45. The van der Waals surface area contributed by atoms with Crippen LogP contribution in [0.25, 0.3) is 10.2 Å². The molecule has 24 heavy (non-hydrogen) atoms. The second-order valence-electron chi connectivity index (χ2n) is 6.62. The molecule has 1 atom stereocenters. The molecule has 6 heteroatoms. The number of fused-ring (bicyclic) bond motifs is 1. The molecule has 1 aliphatic heterocycles. The fourth-order valence-corrected chi connectivity index (χ4v) is 4.86. The third-order valence-corrected chi connectivity index (χ3v) is 6.16. The molecule has 126 valence electrons. The van der Waals surface area contributed by atoms with E-state index in [9.17, 15) is 9.59 Å². The minimum absolute atomic E-state index is 0.0520. The number of ether oxygens (including phenoxy) is 1. The van der Waals surface area contributed by atoms with Crippen molar-refractivity contribution < 1.29 is 14.3 Å². The summed E-state index contributed by atoms with van der Waals surface area (Å²) in [6, 6.07) is 8.04. The molecule has 1 aromatic heterocycles. The summed E-state index contributed by atoms with van der Waals surface area (Å²) >= 11 is 1.66. The summed E-state index contributed by atoms with van der Waals surface area (Å²) in [6.45, 7) is 0.541. The number of hydrogen-bond acceptors (Lipinski definition) is 5. The zero-order chi connectivity index (χ0) is 16.6. The summed E-state index contributed by atoms with van der Waals surface area (Å²) in [6.07, 6.45) is 4.61. The van der Waals surface area contributed by atoms with Crippen LogP contribution < -0.4 is 5.32 Å². The van der Waals surface area contributed by atoms with Gasteiger partial charge < -0.3 is 10.1 Å². The van der Waals surface area contributed by atoms with Crippen LogP contribution in [0, 0.1) is 5.92 Å². The first-order chi connectivity index (χ1) is 11.7. The number of carbonyl (C=O) groups excluding carboxylic acids is 2. The Kier molecular flexibility index (Phi) is 4.00. The van der Waals surface area contributed by atoms with Crippen LogP contribution in [-0.2, 0) is 20.7 Å². The molecule has 1 aliphatic carbocycles. The van der Waals surface area contributed by atoms with Crippen LogP contribution in [0.3, 0.4) is 0 Å². The molecule has 1 aromatic carbocycles. The maximum absolute atomic E-state index is 12.6. The van der Waals surface area contributed by atoms with Crippen LogP contribution in [0.1, 0.15) is 37.1 Å². The second kappa shape index (κ2) is 6.16. The van der Waals surface area contributed by atoms with Crippen molar-refractivity contribution in [1.82, 2.24) is 10.3 Å². The number of esters is 1. The lowest BCUT2D eigenvalue weighted by molar-refractivity contribution is -0.149. The van der Waals surface area contributed by atoms with Gasteiger partial charge >= 0.3 is 5.97 Å². The fourth-order valence-electron chi connectivity index (χ4n) is 3.89. The number of para-hydroxylation sites is 1. The van der Waals surface area contributed by atoms with Gasteiger partial charge in [0.25, 0.3) is 0 Å². The highest BCUT2D eigenvalue weighted by atomic mass is 32.1. The van der Waals surface area contributed by atoms with Crippen LogP contribution in [0.2, 0.25) is 0 Å². The van der Waals surface area contributed by atoms with Crippen molar-refractivity contribution in [2.45, 2.75) is 44.1 Å². The van der Waals surface area contributed by atoms with Crippen molar-refractivity contribution >= 4 is 33.4 Å². The van der Waals surface area contributed by atoms with E-state index in [1.165, 1.54) is 4.70 Å². The minimum atomic E-state index is -0.531. The molecule has 2 fully saturated rings. The third kappa shape index (κ3) is 2.79. The summed E-state index contributed by atoms with van der Waals surface area (Å²) in [5.74, 6) is -0.616. The molecule has 1 amide bonds. The van der Waals surface area contributed by atoms with Crippen LogP contribution >= 0.6 is 11.3 Å². The molecular weight excluding hydrogens is 324 g/mol. The van der Waals surface area contributed by atoms with Crippen LogP contribution in [0.15, 0.2) is 24.3 Å². The zero-order valence-electron chi connectivity index (χ0n) is 13.4. The lowest BCUT2D eigenvalue weighted by atomic mass is 9.85. The van der Waals surface area contributed by atoms with Crippen molar-refractivity contribution in [1.29, 1.82) is 0 Å². The van der Waals surface area contributed by atoms with Crippen LogP contribution in [-0.4, -0.2) is 29.0 Å². The topological polar surface area (TPSA) is 68.3 Å². The van der Waals surface area contributed by atoms with E-state index < -0.39 is 5.60 Å². The first kappa shape index (κ1) is 15.6. The lowest BCUT2D eigenvalue weighted by Crippen LogP contribution is -2.43. The number of thiazole rings is 1. The predicted molar refractivity (Wildman–Crippen MR) is 91.7 cm³/mol. The highest BCUT2D eigenvalue weighted by Gasteiger charge is 2.53. The number of amides is 1. The number of nitrogens with zero attached hydrogens (tertiary/aromatic N) is 1. The molecule has 0 bridgehead atoms. The monoisotopic (exact) mass is 344 g/mol. The van der Waals surface area contributed by atoms with E-state index in [1.807, 2.05) is 18.2 Å². The fraction of sp³-hybridized carbons (Fsp3) is 0.500. The van der Waals surface area contributed by atoms with E-state index in [0.29, 0.717) is 13.0 Å². The number of hydrogen-bond donors (Lipinski definition) is 1. The molecule has 5 nitrogen and oxygen atoms in total. The van der Waals surface area contributed by atoms with Gasteiger partial charge in [0.2, 0.25) is 5.91 Å². The molecule has 1 N–H and O–H groups in total. The lowest BCUT2D eigenvalue weighted by Gasteiger charge is -2.27. The first-order valence-corrected chi connectivity index (χ1v) is 9.32. The van der Waals surface area contributed by atoms with Gasteiger partial charge in [0.15, 0.2) is 0 Å². The van der Waals surface area contributed by atoms with Gasteiger partial charge in [-0.2, -0.15) is 0 Å². The molecule has 1 saturated heterocycles. The average Bonchev–Trinajstić information content (AvgIpc) is 3.26. The van der Waals surface area contributed by atoms with Gasteiger partial charge in [-0.15, -0.1) is 11.3 Å². The normalized spacial score (nSPS) is 22.2. The number of aromatic nitrogens is 1. The molecule has 0 unspecified atom stereocenters. The van der Waals surface area contributed by atoms with Crippen molar-refractivity contribution in [2.24, 2.45) is 5.92 Å². The third-order valence-electron chi connectivity index (χ3n) is 5.07. The zero-order valence-corrected chi connectivity index (χ0v) is 14.2. The Balaban J connectivity index is 1.37. The van der Waals surface area contributed by atoms with Gasteiger partial charge in [-0.3, -0.25) is 9.59 Å². The maximum Gasteiger partial charge on any atom is 0.307 e. The Labute approximate surface area is 144 Å². The summed E-state index contributed by atoms with van der Waals surface area (Å²) < 4.78 is 6.70. The van der Waals surface area contributed by atoms with Crippen molar-refractivity contribution in [3.63, 3.8) is 0 Å². The van der Waals surface area contributed by atoms with Crippen LogP contribution in [0.5, 0.6) is 0 Å². The molecule has 1 saturated carbocycles. The van der Waals surface area contributed by atoms with E-state index in [-0.39, 0.29) is 24.2 Å². The van der Waals surface area contributed by atoms with Gasteiger partial charge in [-0.05, 0) is 37.8 Å². The summed E-state index contributed by atoms with van der Waals surface area (Å²) in [5, 5.41) is 4.00. The Bertz CT molecular complexity index is 746. The summed E-state index contributed by atoms with van der Waals surface area (Å²) in [7, 11) is 0. The predicted octanol–water partition coefficient (Wildman–Crippen LogP) is 2.83. The molecule has 2 aliphatic rings. The average molecular weight is 344 g/mol. The standard InChI is InChI=1S/C18H20N2O3S/c21-16-11-12(18(23-16)8-3-4-9-18)17(22)19-10-7-15-20-13-5-1-2-6-14(13)24-15/h1-2,5-6,12H,3-4,7-11H2,(H,19,22)/t12-/m0/s1. The quantitative estimate of drug-likeness (QED) is 0.866. The van der Waals surface area contributed by atoms with Gasteiger partial charge in [-0.1, -0.05) is 12.1 Å². The number of benzene rings is 1. The largest absolute Gasteiger partial charge is 0.458 e. The summed E-state index contributed by atoms with van der Waals surface area (Å²) in [4.78, 5) is 28.8. The Morgan fingerprint density at radius 2 is 2.12 bits per heavy atom. The van der Waals surface area contributed by atoms with Gasteiger partial charge in [-0.25, -0.2) is 4.98 Å². The molecule has 1 spiro atoms. The molecular formula is C18H20N2O3S. The van der Waals surface area contributed by atoms with E-state index >= 15 is 0 Å². The number of rotatable bonds is 4. The highest BCUT2D eigenvalue weighted by molar-refractivity contribution is 7.18. The molecule has 2 aromatic rings. The number of carbonyl (C=O) groups is 2. The Morgan fingerprint density at radius 1 is 1.33 bits per heavy atom. The van der Waals surface area contributed by atoms with E-state index in [1.54, 1.807) is 11.3 Å². The van der Waals surface area contributed by atoms with Crippen molar-refractivity contribution in [3.8, 4) is 0 Å². The van der Waals surface area contributed by atoms with Gasteiger partial charge in [0.05, 0.1) is 27.6 Å². The Morgan fingerprint density at radius 3 is 2.92 bits per heavy atom. The van der Waals surface area contributed by atoms with E-state index in [2.05, 4.69) is 16.4 Å². The van der Waals surface area contributed by atoms with E-state index in [0.717, 1.165) is 36.2 Å². The van der Waals surface area contributed by atoms with E-state index in [4.69, 9.17) is 4.74 Å². The minimum Gasteiger partial charge on any atom is -0.458 e. The second-order valence-corrected chi connectivity index (χ2v) is 7.73. The SMILES string of the molecule is O=C1C[C@@H](C(=O)NCCc2nc3ccccc3s2)C2(CCCC2)O1. The molecule has 2 heterocycles. The van der Waals surface area contributed by atoms with Gasteiger partial charge in [0.1, 0.15) is 5.60 Å². The van der Waals surface area contributed by atoms with Crippen molar-refractivity contribution in [2.75, 3.05) is 6.54 Å². The summed E-state index contributed by atoms with van der Waals surface area (Å²) in [5.41, 5.74) is 0.473. The molecule has 4 rings (SSSR count). The number of nitrogens with one attached hydrogen (secondary N) is 1. The van der Waals surface area contributed by atoms with Crippen molar-refractivity contribution in [3.05, 3.63) is 29.3 Å². The van der Waals surface area contributed by atoms with Gasteiger partial charge in [0, 0.05) is 13.0 Å². The first-order valence-electron chi connectivity index (χ1n) is 8.50. The van der Waals surface area contributed by atoms with Crippen LogP contribution in [0.4, 0.5) is 0 Å². The Hall–Kier alpha value is -1.95.